The fraction of sp³-hybridized carbons (Fsp3) is 0.318. The number of imide groups is 1. The van der Waals surface area contributed by atoms with Crippen LogP contribution < -0.4 is 20.1 Å². The SMILES string of the molecule is COc1ccc(CCNC(=O)CN2C(=O)NC(C)(c3ccc(F)cc3)C2=O)cc1OC(F)F. The van der Waals surface area contributed by atoms with Gasteiger partial charge >= 0.3 is 12.6 Å². The van der Waals surface area contributed by atoms with Crippen molar-refractivity contribution in [2.75, 3.05) is 20.2 Å². The second-order valence-electron chi connectivity index (χ2n) is 7.42. The van der Waals surface area contributed by atoms with E-state index in [4.69, 9.17) is 4.74 Å². The van der Waals surface area contributed by atoms with Crippen LogP contribution in [0.2, 0.25) is 0 Å². The van der Waals surface area contributed by atoms with Gasteiger partial charge in [0.1, 0.15) is 17.9 Å². The molecule has 1 aliphatic heterocycles. The maximum Gasteiger partial charge on any atom is 0.387 e. The van der Waals surface area contributed by atoms with E-state index in [1.165, 1.54) is 50.4 Å². The number of nitrogens with one attached hydrogen (secondary N) is 2. The van der Waals surface area contributed by atoms with E-state index in [2.05, 4.69) is 15.4 Å². The predicted octanol–water partition coefficient (Wildman–Crippen LogP) is 2.56. The van der Waals surface area contributed by atoms with Crippen LogP contribution in [0, 0.1) is 5.82 Å². The number of urea groups is 1. The van der Waals surface area contributed by atoms with E-state index < -0.39 is 42.4 Å². The summed E-state index contributed by atoms with van der Waals surface area (Å²) in [5.74, 6) is -1.70. The molecule has 0 aromatic heterocycles. The highest BCUT2D eigenvalue weighted by atomic mass is 19.3. The Bertz CT molecular complexity index is 1050. The van der Waals surface area contributed by atoms with E-state index in [0.717, 1.165) is 4.90 Å². The van der Waals surface area contributed by atoms with Gasteiger partial charge in [-0.15, -0.1) is 0 Å². The zero-order chi connectivity index (χ0) is 24.2. The normalized spacial score (nSPS) is 17.8. The molecule has 0 bridgehead atoms. The van der Waals surface area contributed by atoms with Crippen molar-refractivity contribution in [3.8, 4) is 11.5 Å². The fourth-order valence-electron chi connectivity index (χ4n) is 3.43. The molecule has 1 fully saturated rings. The van der Waals surface area contributed by atoms with Crippen LogP contribution in [0.1, 0.15) is 18.1 Å². The van der Waals surface area contributed by atoms with E-state index in [9.17, 15) is 27.6 Å². The van der Waals surface area contributed by atoms with Crippen LogP contribution >= 0.6 is 0 Å². The van der Waals surface area contributed by atoms with E-state index in [-0.39, 0.29) is 24.5 Å². The fourth-order valence-corrected chi connectivity index (χ4v) is 3.43. The maximum atomic E-state index is 13.2. The summed E-state index contributed by atoms with van der Waals surface area (Å²) in [5, 5.41) is 5.11. The molecule has 2 aromatic carbocycles. The standard InChI is InChI=1S/C22H22F3N3O5/c1-22(14-4-6-15(23)7-5-14)19(30)28(21(31)27-22)12-18(29)26-10-9-13-3-8-16(32-2)17(11-13)33-20(24)25/h3-8,11,20H,9-10,12H2,1-2H3,(H,26,29)(H,27,31). The molecule has 11 heteroatoms. The van der Waals surface area contributed by atoms with Crippen LogP contribution in [-0.2, 0) is 21.5 Å². The predicted molar refractivity (Wildman–Crippen MR) is 110 cm³/mol. The van der Waals surface area contributed by atoms with Crippen molar-refractivity contribution in [1.82, 2.24) is 15.5 Å². The van der Waals surface area contributed by atoms with E-state index in [1.807, 2.05) is 0 Å². The molecule has 0 saturated carbocycles. The zero-order valence-electron chi connectivity index (χ0n) is 17.9. The van der Waals surface area contributed by atoms with Crippen LogP contribution in [0.4, 0.5) is 18.0 Å². The summed E-state index contributed by atoms with van der Waals surface area (Å²) >= 11 is 0. The number of hydrogen-bond donors (Lipinski definition) is 2. The van der Waals surface area contributed by atoms with E-state index in [0.29, 0.717) is 11.1 Å². The van der Waals surface area contributed by atoms with Gasteiger partial charge in [0.2, 0.25) is 5.91 Å². The van der Waals surface area contributed by atoms with E-state index in [1.54, 1.807) is 6.07 Å². The van der Waals surface area contributed by atoms with Crippen molar-refractivity contribution in [1.29, 1.82) is 0 Å². The first-order valence-corrected chi connectivity index (χ1v) is 9.92. The van der Waals surface area contributed by atoms with Crippen LogP contribution in [0.25, 0.3) is 0 Å². The van der Waals surface area contributed by atoms with Crippen molar-refractivity contribution in [3.05, 3.63) is 59.4 Å². The Hall–Kier alpha value is -3.76. The molecule has 0 aliphatic carbocycles. The van der Waals surface area contributed by atoms with E-state index >= 15 is 0 Å². The van der Waals surface area contributed by atoms with Gasteiger partial charge < -0.3 is 20.1 Å². The lowest BCUT2D eigenvalue weighted by Crippen LogP contribution is -2.43. The van der Waals surface area contributed by atoms with Crippen LogP contribution in [0.3, 0.4) is 0 Å². The number of carbonyl (C=O) groups is 3. The third kappa shape index (κ3) is 5.36. The van der Waals surface area contributed by atoms with Gasteiger partial charge in [0.25, 0.3) is 5.91 Å². The first-order valence-electron chi connectivity index (χ1n) is 9.92. The Morgan fingerprint density at radius 2 is 1.85 bits per heavy atom. The Labute approximate surface area is 187 Å². The van der Waals surface area contributed by atoms with Gasteiger partial charge in [0, 0.05) is 6.54 Å². The highest BCUT2D eigenvalue weighted by Crippen LogP contribution is 2.30. The quantitative estimate of drug-likeness (QED) is 0.555. The Balaban J connectivity index is 1.57. The van der Waals surface area contributed by atoms with Gasteiger partial charge in [-0.1, -0.05) is 18.2 Å². The molecule has 1 aliphatic rings. The summed E-state index contributed by atoms with van der Waals surface area (Å²) < 4.78 is 47.7. The first-order chi connectivity index (χ1) is 15.6. The average Bonchev–Trinajstić information content (AvgIpc) is 2.98. The highest BCUT2D eigenvalue weighted by molar-refractivity contribution is 6.09. The van der Waals surface area contributed by atoms with Crippen molar-refractivity contribution in [3.63, 3.8) is 0 Å². The lowest BCUT2D eigenvalue weighted by molar-refractivity contribution is -0.134. The zero-order valence-corrected chi connectivity index (χ0v) is 17.9. The van der Waals surface area contributed by atoms with Gasteiger partial charge in [0.05, 0.1) is 7.11 Å². The lowest BCUT2D eigenvalue weighted by atomic mass is 9.92. The Morgan fingerprint density at radius 1 is 1.15 bits per heavy atom. The minimum absolute atomic E-state index is 0.123. The summed E-state index contributed by atoms with van der Waals surface area (Å²) in [7, 11) is 1.32. The smallest absolute Gasteiger partial charge is 0.387 e. The molecule has 0 spiro atoms. The summed E-state index contributed by atoms with van der Waals surface area (Å²) in [6.45, 7) is -1.93. The second kappa shape index (κ2) is 9.80. The molecule has 3 rings (SSSR count). The number of carbonyl (C=O) groups excluding carboxylic acids is 3. The summed E-state index contributed by atoms with van der Waals surface area (Å²) in [6, 6.07) is 8.86. The number of amides is 4. The van der Waals surface area contributed by atoms with Crippen LogP contribution in [-0.4, -0.2) is 49.6 Å². The van der Waals surface area contributed by atoms with Crippen molar-refractivity contribution in [2.45, 2.75) is 25.5 Å². The number of nitrogens with zero attached hydrogens (tertiary/aromatic N) is 1. The summed E-state index contributed by atoms with van der Waals surface area (Å²) in [4.78, 5) is 38.2. The summed E-state index contributed by atoms with van der Waals surface area (Å²) in [5.41, 5.74) is -0.438. The van der Waals surface area contributed by atoms with Crippen molar-refractivity contribution in [2.24, 2.45) is 0 Å². The largest absolute Gasteiger partial charge is 0.493 e. The third-order valence-electron chi connectivity index (χ3n) is 5.18. The summed E-state index contributed by atoms with van der Waals surface area (Å²) in [6.07, 6.45) is 0.281. The van der Waals surface area contributed by atoms with Gasteiger partial charge in [-0.25, -0.2) is 9.18 Å². The van der Waals surface area contributed by atoms with Crippen LogP contribution in [0.15, 0.2) is 42.5 Å². The van der Waals surface area contributed by atoms with Gasteiger partial charge in [0.15, 0.2) is 11.5 Å². The molecule has 2 aromatic rings. The monoisotopic (exact) mass is 465 g/mol. The number of ether oxygens (including phenoxy) is 2. The molecular formula is C22H22F3N3O5. The minimum Gasteiger partial charge on any atom is -0.493 e. The Morgan fingerprint density at radius 3 is 2.48 bits per heavy atom. The molecule has 2 N–H and O–H groups in total. The molecule has 1 saturated heterocycles. The minimum atomic E-state index is -3.02. The second-order valence-corrected chi connectivity index (χ2v) is 7.42. The van der Waals surface area contributed by atoms with Crippen molar-refractivity contribution < 1.29 is 37.0 Å². The topological polar surface area (TPSA) is 97.0 Å². The molecule has 0 radical (unpaired) electrons. The van der Waals surface area contributed by atoms with Crippen LogP contribution in [0.5, 0.6) is 11.5 Å². The number of rotatable bonds is 9. The number of methoxy groups -OCH3 is 1. The molecular weight excluding hydrogens is 443 g/mol. The maximum absolute atomic E-state index is 13.2. The van der Waals surface area contributed by atoms with Crippen molar-refractivity contribution >= 4 is 17.8 Å². The highest BCUT2D eigenvalue weighted by Gasteiger charge is 2.49. The molecule has 1 atom stereocenters. The Kier molecular flexibility index (Phi) is 7.10. The molecule has 33 heavy (non-hydrogen) atoms. The lowest BCUT2D eigenvalue weighted by Gasteiger charge is -2.22. The van der Waals surface area contributed by atoms with Gasteiger partial charge in [-0.2, -0.15) is 8.78 Å². The van der Waals surface area contributed by atoms with Gasteiger partial charge in [-0.05, 0) is 48.7 Å². The van der Waals surface area contributed by atoms with Gasteiger partial charge in [-0.3, -0.25) is 14.5 Å². The number of benzene rings is 2. The number of alkyl halides is 2. The molecule has 1 heterocycles. The number of hydrogen-bond acceptors (Lipinski definition) is 5. The molecule has 1 unspecified atom stereocenters. The molecule has 176 valence electrons. The number of halogens is 3. The molecule has 4 amide bonds. The first kappa shape index (κ1) is 23.9. The average molecular weight is 465 g/mol. The molecule has 8 nitrogen and oxygen atoms in total. The third-order valence-corrected chi connectivity index (χ3v) is 5.18.